The van der Waals surface area contributed by atoms with Crippen LogP contribution in [0.3, 0.4) is 0 Å². The second-order valence-electron chi connectivity index (χ2n) is 12.5. The van der Waals surface area contributed by atoms with Gasteiger partial charge in [0.2, 0.25) is 0 Å². The number of carbonyl (C=O) groups excluding carboxylic acids is 4. The topological polar surface area (TPSA) is 118 Å². The molecule has 246 valence electrons. The molecule has 2 aliphatic rings. The fraction of sp³-hybridized carbons (Fsp3) is 0.667. The summed E-state index contributed by atoms with van der Waals surface area (Å²) in [5.41, 5.74) is -4.08. The maximum Gasteiger partial charge on any atom is 0.417 e. The van der Waals surface area contributed by atoms with E-state index in [1.54, 1.807) is 41.5 Å². The number of alkyl carbamates (subject to hydrolysis) is 1. The number of anilines is 1. The van der Waals surface area contributed by atoms with E-state index >= 15 is 0 Å². The molecule has 1 saturated heterocycles. The van der Waals surface area contributed by atoms with E-state index in [9.17, 15) is 32.3 Å². The number of likely N-dealkylation sites (tertiary alicyclic amines) is 1. The van der Waals surface area contributed by atoms with Crippen LogP contribution in [0.4, 0.5) is 28.4 Å². The van der Waals surface area contributed by atoms with Crippen molar-refractivity contribution in [3.05, 3.63) is 23.3 Å². The van der Waals surface area contributed by atoms with E-state index < -0.39 is 64.6 Å². The molecule has 0 spiro atoms. The Morgan fingerprint density at radius 1 is 1.20 bits per heavy atom. The largest absolute Gasteiger partial charge is 0.476 e. The number of alkyl halides is 3. The third-order valence-electron chi connectivity index (χ3n) is 7.66. The number of hydrogen-bond acceptors (Lipinski definition) is 7. The Morgan fingerprint density at radius 3 is 2.41 bits per heavy atom. The number of rotatable bonds is 7. The molecule has 1 fully saturated rings. The summed E-state index contributed by atoms with van der Waals surface area (Å²) in [6.45, 7) is 12.0. The van der Waals surface area contributed by atoms with Gasteiger partial charge in [0.1, 0.15) is 11.4 Å². The van der Waals surface area contributed by atoms with Crippen LogP contribution >= 0.6 is 0 Å². The Kier molecular flexibility index (Phi) is 10.4. The third-order valence-corrected chi connectivity index (χ3v) is 7.66. The van der Waals surface area contributed by atoms with Gasteiger partial charge in [-0.1, -0.05) is 6.92 Å². The minimum Gasteiger partial charge on any atom is -0.476 e. The summed E-state index contributed by atoms with van der Waals surface area (Å²) in [7, 11) is 1.18. The lowest BCUT2D eigenvalue weighted by molar-refractivity contribution is -0.138. The Labute approximate surface area is 255 Å². The van der Waals surface area contributed by atoms with E-state index in [1.165, 1.54) is 28.7 Å². The van der Waals surface area contributed by atoms with Crippen LogP contribution in [-0.4, -0.2) is 90.4 Å². The van der Waals surface area contributed by atoms with Crippen LogP contribution in [0.25, 0.3) is 0 Å². The van der Waals surface area contributed by atoms with Crippen molar-refractivity contribution in [3.8, 4) is 5.75 Å². The predicted octanol–water partition coefficient (Wildman–Crippen LogP) is 5.21. The number of carbonyl (C=O) groups is 4. The van der Waals surface area contributed by atoms with Crippen molar-refractivity contribution in [2.24, 2.45) is 0 Å². The van der Waals surface area contributed by atoms with Crippen molar-refractivity contribution in [1.29, 1.82) is 0 Å². The van der Waals surface area contributed by atoms with Gasteiger partial charge in [0.05, 0.1) is 30.0 Å². The van der Waals surface area contributed by atoms with E-state index in [0.717, 1.165) is 12.1 Å². The molecule has 1 unspecified atom stereocenters. The Morgan fingerprint density at radius 2 is 1.86 bits per heavy atom. The van der Waals surface area contributed by atoms with Crippen LogP contribution in [0.2, 0.25) is 0 Å². The van der Waals surface area contributed by atoms with Crippen molar-refractivity contribution in [1.82, 2.24) is 15.1 Å². The molecule has 0 radical (unpaired) electrons. The van der Waals surface area contributed by atoms with Gasteiger partial charge >= 0.3 is 18.4 Å². The van der Waals surface area contributed by atoms with Crippen LogP contribution in [0.1, 0.15) is 83.7 Å². The molecule has 2 aliphatic heterocycles. The molecular formula is C30H43F3N4O7. The molecule has 44 heavy (non-hydrogen) atoms. The zero-order valence-corrected chi connectivity index (χ0v) is 26.6. The van der Waals surface area contributed by atoms with Crippen LogP contribution in [0.5, 0.6) is 5.75 Å². The minimum atomic E-state index is -4.93. The van der Waals surface area contributed by atoms with Gasteiger partial charge in [0.25, 0.3) is 11.8 Å². The van der Waals surface area contributed by atoms with Gasteiger partial charge in [-0.15, -0.1) is 0 Å². The smallest absolute Gasteiger partial charge is 0.417 e. The van der Waals surface area contributed by atoms with Gasteiger partial charge in [0.15, 0.2) is 5.60 Å². The molecule has 0 saturated carbocycles. The molecule has 3 rings (SSSR count). The third kappa shape index (κ3) is 7.68. The van der Waals surface area contributed by atoms with E-state index in [0.29, 0.717) is 19.4 Å². The lowest BCUT2D eigenvalue weighted by Crippen LogP contribution is -2.56. The first kappa shape index (κ1) is 34.8. The SMILES string of the molecule is CCC1(C)Oc2cc(C(F)(F)F)c(C(=O)N(C(C)C)[C@@H]3CCCN(C(=O)OC(C)(C)C)C3)cc2N(CCNC(=O)OC)C1=O. The highest BCUT2D eigenvalue weighted by Gasteiger charge is 2.47. The first-order valence-corrected chi connectivity index (χ1v) is 14.7. The zero-order chi connectivity index (χ0) is 33.2. The van der Waals surface area contributed by atoms with Crippen molar-refractivity contribution in [2.75, 3.05) is 38.2 Å². The normalized spacial score (nSPS) is 20.5. The summed E-state index contributed by atoms with van der Waals surface area (Å²) in [5.74, 6) is -1.63. The highest BCUT2D eigenvalue weighted by atomic mass is 19.4. The number of ether oxygens (including phenoxy) is 3. The maximum atomic E-state index is 14.6. The summed E-state index contributed by atoms with van der Waals surface area (Å²) in [6.07, 6.45) is -5.08. The fourth-order valence-electron chi connectivity index (χ4n) is 5.38. The highest BCUT2D eigenvalue weighted by molar-refractivity contribution is 6.05. The van der Waals surface area contributed by atoms with Gasteiger partial charge in [-0.2, -0.15) is 13.2 Å². The number of amides is 4. The number of halogens is 3. The Bertz CT molecular complexity index is 1260. The monoisotopic (exact) mass is 628 g/mol. The standard InChI is InChI=1S/C30H43F3N4O7/c1-9-29(7)25(39)36(14-12-34-26(40)42-8)22-15-20(21(30(31,32)33)16-23(22)43-29)24(38)37(18(2)3)19-11-10-13-35(17-19)27(41)44-28(4,5)6/h15-16,18-19H,9-14,17H2,1-8H3,(H,34,40)/t19-,29?/m1/s1. The number of hydrogen-bond donors (Lipinski definition) is 1. The van der Waals surface area contributed by atoms with Crippen LogP contribution < -0.4 is 15.0 Å². The van der Waals surface area contributed by atoms with Gasteiger partial charge in [-0.05, 0) is 72.9 Å². The Balaban J connectivity index is 2.07. The fourth-order valence-corrected chi connectivity index (χ4v) is 5.38. The molecule has 0 aliphatic carbocycles. The first-order valence-electron chi connectivity index (χ1n) is 14.7. The van der Waals surface area contributed by atoms with Gasteiger partial charge < -0.3 is 34.2 Å². The van der Waals surface area contributed by atoms with Crippen LogP contribution in [0.15, 0.2) is 12.1 Å². The minimum absolute atomic E-state index is 0.0216. The van der Waals surface area contributed by atoms with E-state index in [1.807, 2.05) is 0 Å². The van der Waals surface area contributed by atoms with E-state index in [2.05, 4.69) is 10.1 Å². The summed E-state index contributed by atoms with van der Waals surface area (Å²) < 4.78 is 59.6. The number of fused-ring (bicyclic) bond motifs is 1. The predicted molar refractivity (Wildman–Crippen MR) is 156 cm³/mol. The molecule has 11 nitrogen and oxygen atoms in total. The molecule has 1 aromatic carbocycles. The number of methoxy groups -OCH3 is 1. The van der Waals surface area contributed by atoms with Crippen molar-refractivity contribution in [3.63, 3.8) is 0 Å². The summed E-state index contributed by atoms with van der Waals surface area (Å²) in [6, 6.07) is 0.693. The average molecular weight is 629 g/mol. The zero-order valence-electron chi connectivity index (χ0n) is 26.6. The molecule has 14 heteroatoms. The molecular weight excluding hydrogens is 585 g/mol. The summed E-state index contributed by atoms with van der Waals surface area (Å²) in [4.78, 5) is 56.1. The van der Waals surface area contributed by atoms with Crippen molar-refractivity contribution >= 4 is 29.7 Å². The van der Waals surface area contributed by atoms with Crippen LogP contribution in [-0.2, 0) is 20.4 Å². The average Bonchev–Trinajstić information content (AvgIpc) is 2.93. The summed E-state index contributed by atoms with van der Waals surface area (Å²) >= 11 is 0. The quantitative estimate of drug-likeness (QED) is 0.441. The number of benzene rings is 1. The molecule has 2 atom stereocenters. The second-order valence-corrected chi connectivity index (χ2v) is 12.5. The van der Waals surface area contributed by atoms with Gasteiger partial charge in [-0.3, -0.25) is 9.59 Å². The molecule has 2 heterocycles. The van der Waals surface area contributed by atoms with Crippen molar-refractivity contribution in [2.45, 2.75) is 97.2 Å². The highest BCUT2D eigenvalue weighted by Crippen LogP contribution is 2.45. The number of nitrogens with zero attached hydrogens (tertiary/aromatic N) is 3. The second kappa shape index (κ2) is 13.1. The van der Waals surface area contributed by atoms with E-state index in [4.69, 9.17) is 9.47 Å². The lowest BCUT2D eigenvalue weighted by Gasteiger charge is -2.43. The molecule has 0 aromatic heterocycles. The van der Waals surface area contributed by atoms with Crippen LogP contribution in [0, 0.1) is 0 Å². The molecule has 1 aromatic rings. The van der Waals surface area contributed by atoms with Crippen molar-refractivity contribution < 1.29 is 46.6 Å². The maximum absolute atomic E-state index is 14.6. The molecule has 0 bridgehead atoms. The molecule has 4 amide bonds. The first-order chi connectivity index (χ1) is 20.3. The van der Waals surface area contributed by atoms with Gasteiger partial charge in [-0.25, -0.2) is 9.59 Å². The van der Waals surface area contributed by atoms with E-state index in [-0.39, 0.29) is 37.5 Å². The molecule has 1 N–H and O–H groups in total. The number of nitrogens with one attached hydrogen (secondary N) is 1. The summed E-state index contributed by atoms with van der Waals surface area (Å²) in [5, 5.41) is 2.46. The lowest BCUT2D eigenvalue weighted by atomic mass is 9.94. The Hall–Kier alpha value is -3.71. The number of piperidine rings is 1. The van der Waals surface area contributed by atoms with Gasteiger partial charge in [0, 0.05) is 32.2 Å².